The fraction of sp³-hybridized carbons (Fsp3) is 0.448. The third kappa shape index (κ3) is 7.10. The predicted octanol–water partition coefficient (Wildman–Crippen LogP) is 5.43. The number of amides is 2. The number of unbranched alkanes of at least 4 members (excludes halogenated alkanes) is 3. The maximum atomic E-state index is 14.1. The quantitative estimate of drug-likeness (QED) is 0.275. The minimum atomic E-state index is -0.466. The summed E-state index contributed by atoms with van der Waals surface area (Å²) in [4.78, 5) is 27.4. The zero-order valence-electron chi connectivity index (χ0n) is 21.9. The van der Waals surface area contributed by atoms with Gasteiger partial charge in [0.2, 0.25) is 0 Å². The SMILES string of the molecule is CC(C)(C)OC(=O)NCCCCCCNCc1ccc(-c2[nH]c3cc(F)cc4c3c2CCNC4=O)cc1. The molecule has 0 saturated carbocycles. The molecule has 7 nitrogen and oxygen atoms in total. The van der Waals surface area contributed by atoms with Gasteiger partial charge in [-0.1, -0.05) is 37.1 Å². The van der Waals surface area contributed by atoms with Crippen LogP contribution in [0.25, 0.3) is 22.2 Å². The Morgan fingerprint density at radius 1 is 1.05 bits per heavy atom. The van der Waals surface area contributed by atoms with Gasteiger partial charge >= 0.3 is 6.09 Å². The van der Waals surface area contributed by atoms with E-state index in [2.05, 4.69) is 45.2 Å². The average molecular weight is 509 g/mol. The molecule has 0 radical (unpaired) electrons. The van der Waals surface area contributed by atoms with Crippen LogP contribution in [0.15, 0.2) is 36.4 Å². The smallest absolute Gasteiger partial charge is 0.407 e. The number of H-pyrrole nitrogens is 1. The summed E-state index contributed by atoms with van der Waals surface area (Å²) >= 11 is 0. The first-order valence-corrected chi connectivity index (χ1v) is 13.1. The van der Waals surface area contributed by atoms with E-state index in [1.807, 2.05) is 20.8 Å². The van der Waals surface area contributed by atoms with E-state index in [1.54, 1.807) is 0 Å². The number of ether oxygens (including phenoxy) is 1. The minimum Gasteiger partial charge on any atom is -0.444 e. The molecule has 8 heteroatoms. The Labute approximate surface area is 217 Å². The number of aromatic amines is 1. The molecule has 1 aliphatic heterocycles. The number of carbonyl (C=O) groups excluding carboxylic acids is 2. The Morgan fingerprint density at radius 3 is 2.51 bits per heavy atom. The van der Waals surface area contributed by atoms with Gasteiger partial charge in [-0.15, -0.1) is 0 Å². The largest absolute Gasteiger partial charge is 0.444 e. The highest BCUT2D eigenvalue weighted by Crippen LogP contribution is 2.34. The molecule has 2 amide bonds. The van der Waals surface area contributed by atoms with Crippen LogP contribution in [0.4, 0.5) is 9.18 Å². The van der Waals surface area contributed by atoms with E-state index in [4.69, 9.17) is 4.74 Å². The van der Waals surface area contributed by atoms with Crippen molar-refractivity contribution in [2.24, 2.45) is 0 Å². The second-order valence-corrected chi connectivity index (χ2v) is 10.6. The van der Waals surface area contributed by atoms with Gasteiger partial charge in [0, 0.05) is 36.2 Å². The van der Waals surface area contributed by atoms with Crippen molar-refractivity contribution in [1.82, 2.24) is 20.9 Å². The van der Waals surface area contributed by atoms with E-state index < -0.39 is 11.4 Å². The fourth-order valence-corrected chi connectivity index (χ4v) is 4.69. The number of nitrogens with one attached hydrogen (secondary N) is 4. The van der Waals surface area contributed by atoms with Gasteiger partial charge in [-0.2, -0.15) is 0 Å². The molecule has 4 rings (SSSR count). The molecule has 0 aliphatic carbocycles. The second-order valence-electron chi connectivity index (χ2n) is 10.6. The molecule has 198 valence electrons. The predicted molar refractivity (Wildman–Crippen MR) is 144 cm³/mol. The number of aromatic nitrogens is 1. The molecular weight excluding hydrogens is 471 g/mol. The van der Waals surface area contributed by atoms with Crippen molar-refractivity contribution in [3.05, 3.63) is 58.9 Å². The molecule has 0 atom stereocenters. The van der Waals surface area contributed by atoms with E-state index in [0.717, 1.165) is 61.0 Å². The Morgan fingerprint density at radius 2 is 1.78 bits per heavy atom. The number of hydrogen-bond donors (Lipinski definition) is 4. The maximum Gasteiger partial charge on any atom is 0.407 e. The van der Waals surface area contributed by atoms with Crippen LogP contribution in [0.5, 0.6) is 0 Å². The minimum absolute atomic E-state index is 0.229. The lowest BCUT2D eigenvalue weighted by molar-refractivity contribution is 0.0526. The molecule has 3 aromatic rings. The van der Waals surface area contributed by atoms with E-state index in [-0.39, 0.29) is 12.0 Å². The summed E-state index contributed by atoms with van der Waals surface area (Å²) in [7, 11) is 0. The third-order valence-corrected chi connectivity index (χ3v) is 6.39. The first-order chi connectivity index (χ1) is 17.7. The maximum absolute atomic E-state index is 14.1. The molecule has 2 aromatic carbocycles. The first-order valence-electron chi connectivity index (χ1n) is 13.1. The molecule has 0 spiro atoms. The number of halogens is 1. The van der Waals surface area contributed by atoms with Crippen molar-refractivity contribution in [2.75, 3.05) is 19.6 Å². The molecule has 0 unspecified atom stereocenters. The molecule has 0 fully saturated rings. The fourth-order valence-electron chi connectivity index (χ4n) is 4.69. The summed E-state index contributed by atoms with van der Waals surface area (Å²) in [5.74, 6) is -0.648. The van der Waals surface area contributed by atoms with Gasteiger partial charge in [0.25, 0.3) is 5.91 Å². The zero-order valence-corrected chi connectivity index (χ0v) is 21.9. The summed E-state index contributed by atoms with van der Waals surface area (Å²) in [6, 6.07) is 11.1. The van der Waals surface area contributed by atoms with Crippen molar-refractivity contribution < 1.29 is 18.7 Å². The molecule has 0 bridgehead atoms. The third-order valence-electron chi connectivity index (χ3n) is 6.39. The molecule has 2 heterocycles. The van der Waals surface area contributed by atoms with Gasteiger partial charge in [-0.25, -0.2) is 9.18 Å². The normalized spacial score (nSPS) is 13.4. The van der Waals surface area contributed by atoms with E-state index >= 15 is 0 Å². The monoisotopic (exact) mass is 508 g/mol. The lowest BCUT2D eigenvalue weighted by atomic mass is 9.99. The van der Waals surface area contributed by atoms with Crippen LogP contribution in [0.1, 0.15) is 67.9 Å². The van der Waals surface area contributed by atoms with Gasteiger partial charge in [0.05, 0.1) is 5.56 Å². The first kappa shape index (κ1) is 26.7. The van der Waals surface area contributed by atoms with Crippen LogP contribution in [0.3, 0.4) is 0 Å². The van der Waals surface area contributed by atoms with Gasteiger partial charge in [-0.05, 0) is 75.4 Å². The standard InChI is InChI=1S/C29H37FN4O3/c1-29(2,3)37-28(36)33-14-7-5-4-6-13-31-18-19-8-10-20(11-9-19)26-22-12-15-32-27(35)23-16-21(30)17-24(34-26)25(22)23/h8-11,16-17,31,34H,4-7,12-15,18H2,1-3H3,(H,32,35)(H,33,36). The lowest BCUT2D eigenvalue weighted by Crippen LogP contribution is -2.32. The Kier molecular flexibility index (Phi) is 8.48. The molecular formula is C29H37FN4O3. The van der Waals surface area contributed by atoms with Crippen molar-refractivity contribution in [3.63, 3.8) is 0 Å². The highest BCUT2D eigenvalue weighted by atomic mass is 19.1. The van der Waals surface area contributed by atoms with Crippen molar-refractivity contribution in [3.8, 4) is 11.3 Å². The van der Waals surface area contributed by atoms with E-state index in [1.165, 1.54) is 17.7 Å². The molecule has 1 aromatic heterocycles. The highest BCUT2D eigenvalue weighted by Gasteiger charge is 2.23. The van der Waals surface area contributed by atoms with E-state index in [0.29, 0.717) is 30.6 Å². The number of rotatable bonds is 10. The van der Waals surface area contributed by atoms with Gasteiger partial charge < -0.3 is 25.7 Å². The number of benzene rings is 2. The topological polar surface area (TPSA) is 95.2 Å². The lowest BCUT2D eigenvalue weighted by Gasteiger charge is -2.19. The van der Waals surface area contributed by atoms with Crippen LogP contribution in [-0.4, -0.2) is 42.2 Å². The zero-order chi connectivity index (χ0) is 26.4. The van der Waals surface area contributed by atoms with E-state index in [9.17, 15) is 14.0 Å². The van der Waals surface area contributed by atoms with Crippen LogP contribution >= 0.6 is 0 Å². The second kappa shape index (κ2) is 11.8. The molecule has 1 aliphatic rings. The summed E-state index contributed by atoms with van der Waals surface area (Å²) in [6.07, 6.45) is 4.52. The number of alkyl carbamates (subject to hydrolysis) is 1. The Balaban J connectivity index is 1.22. The summed E-state index contributed by atoms with van der Waals surface area (Å²) in [5.41, 5.74) is 4.79. The Hall–Kier alpha value is -3.39. The van der Waals surface area contributed by atoms with Gasteiger partial charge in [-0.3, -0.25) is 4.79 Å². The van der Waals surface area contributed by atoms with Crippen LogP contribution in [0, 0.1) is 5.82 Å². The van der Waals surface area contributed by atoms with Crippen LogP contribution in [-0.2, 0) is 17.7 Å². The van der Waals surface area contributed by atoms with Crippen molar-refractivity contribution in [1.29, 1.82) is 0 Å². The molecule has 4 N–H and O–H groups in total. The average Bonchev–Trinajstić information content (AvgIpc) is 3.10. The van der Waals surface area contributed by atoms with Crippen molar-refractivity contribution in [2.45, 2.75) is 65.0 Å². The van der Waals surface area contributed by atoms with Crippen molar-refractivity contribution >= 4 is 22.9 Å². The van der Waals surface area contributed by atoms with Gasteiger partial charge in [0.15, 0.2) is 0 Å². The Bertz CT molecular complexity index is 1240. The van der Waals surface area contributed by atoms with Crippen LogP contribution < -0.4 is 16.0 Å². The van der Waals surface area contributed by atoms with Gasteiger partial charge in [0.1, 0.15) is 11.4 Å². The molecule has 0 saturated heterocycles. The summed E-state index contributed by atoms with van der Waals surface area (Å²) in [5, 5.41) is 9.96. The van der Waals surface area contributed by atoms with Crippen LogP contribution in [0.2, 0.25) is 0 Å². The summed E-state index contributed by atoms with van der Waals surface area (Å²) < 4.78 is 19.3. The number of carbonyl (C=O) groups is 2. The summed E-state index contributed by atoms with van der Waals surface area (Å²) in [6.45, 7) is 8.45. The highest BCUT2D eigenvalue weighted by molar-refractivity contribution is 6.10. The molecule has 37 heavy (non-hydrogen) atoms. The number of hydrogen-bond acceptors (Lipinski definition) is 4.